The molecule has 0 saturated carbocycles. The van der Waals surface area contributed by atoms with Crippen LogP contribution < -0.4 is 26.8 Å². The number of nitriles is 2. The highest BCUT2D eigenvalue weighted by Gasteiger charge is 2.32. The molecule has 1 aliphatic heterocycles. The minimum atomic E-state index is -0.739. The highest BCUT2D eigenvalue weighted by molar-refractivity contribution is 9.11. The van der Waals surface area contributed by atoms with Crippen molar-refractivity contribution in [2.24, 2.45) is 4.99 Å². The zero-order chi connectivity index (χ0) is 23.5. The molecule has 9 nitrogen and oxygen atoms in total. The van der Waals surface area contributed by atoms with Crippen molar-refractivity contribution < 1.29 is 4.74 Å². The molecule has 2 aromatic carbocycles. The van der Waals surface area contributed by atoms with E-state index < -0.39 is 6.04 Å². The highest BCUT2D eigenvalue weighted by atomic mass is 79.9. The first-order valence-electron chi connectivity index (χ1n) is 9.57. The first-order valence-corrected chi connectivity index (χ1v) is 11.2. The van der Waals surface area contributed by atoms with Gasteiger partial charge in [-0.05, 0) is 33.6 Å². The van der Waals surface area contributed by atoms with E-state index in [0.717, 1.165) is 10.0 Å². The summed E-state index contributed by atoms with van der Waals surface area (Å²) in [7, 11) is 0. The molecule has 1 aliphatic rings. The van der Waals surface area contributed by atoms with Gasteiger partial charge < -0.3 is 21.5 Å². The smallest absolute Gasteiger partial charge is 0.211 e. The average Bonchev–Trinajstić information content (AvgIpc) is 2.78. The highest BCUT2D eigenvalue weighted by Crippen LogP contribution is 2.46. The van der Waals surface area contributed by atoms with Crippen LogP contribution in [-0.4, -0.2) is 10.9 Å². The van der Waals surface area contributed by atoms with Crippen LogP contribution in [0, 0.1) is 22.8 Å². The molecule has 3 aromatic rings. The number of nitrogen functional groups attached to an aromatic ring is 2. The van der Waals surface area contributed by atoms with E-state index >= 15 is 0 Å². The molecule has 4 rings (SSSR count). The van der Waals surface area contributed by atoms with Crippen molar-refractivity contribution in [1.29, 1.82) is 10.5 Å². The van der Waals surface area contributed by atoms with E-state index in [1.165, 1.54) is 0 Å². The predicted octanol–water partition coefficient (Wildman–Crippen LogP) is 4.16. The summed E-state index contributed by atoms with van der Waals surface area (Å²) in [5, 5.41) is 24.1. The Morgan fingerprint density at radius 1 is 1.15 bits per heavy atom. The zero-order valence-corrected chi connectivity index (χ0v) is 20.1. The molecule has 11 heteroatoms. The largest absolute Gasteiger partial charge is 0.487 e. The lowest BCUT2D eigenvalue weighted by Crippen LogP contribution is -2.33. The van der Waals surface area contributed by atoms with E-state index in [9.17, 15) is 5.26 Å². The molecule has 33 heavy (non-hydrogen) atoms. The molecule has 1 atom stereocenters. The number of halogens is 2. The van der Waals surface area contributed by atoms with Gasteiger partial charge in [0.25, 0.3) is 0 Å². The fraction of sp³-hybridized carbons (Fsp3) is 0.0909. The van der Waals surface area contributed by atoms with Gasteiger partial charge in [0.1, 0.15) is 41.7 Å². The number of rotatable bonds is 4. The first-order chi connectivity index (χ1) is 15.9. The molecule has 1 unspecified atom stereocenters. The lowest BCUT2D eigenvalue weighted by molar-refractivity contribution is 0.300. The molecule has 0 radical (unpaired) electrons. The Morgan fingerprint density at radius 3 is 2.61 bits per heavy atom. The molecule has 0 spiro atoms. The van der Waals surface area contributed by atoms with Gasteiger partial charge in [0.15, 0.2) is 6.19 Å². The van der Waals surface area contributed by atoms with Gasteiger partial charge in [-0.3, -0.25) is 5.32 Å². The molecule has 6 N–H and O–H groups in total. The second-order valence-corrected chi connectivity index (χ2v) is 8.75. The average molecular weight is 568 g/mol. The molecule has 1 aromatic heterocycles. The Labute approximate surface area is 206 Å². The number of benzene rings is 2. The van der Waals surface area contributed by atoms with Gasteiger partial charge in [0.2, 0.25) is 5.96 Å². The Morgan fingerprint density at radius 2 is 1.91 bits per heavy atom. The van der Waals surface area contributed by atoms with Gasteiger partial charge in [-0.25, -0.2) is 9.98 Å². The topological polar surface area (TPSA) is 158 Å². The number of hydrogen-bond acceptors (Lipinski definition) is 9. The molecule has 0 aliphatic carbocycles. The summed E-state index contributed by atoms with van der Waals surface area (Å²) in [4.78, 5) is 8.92. The lowest BCUT2D eigenvalue weighted by atomic mass is 9.94. The predicted molar refractivity (Wildman–Crippen MR) is 132 cm³/mol. The number of hydrogen-bond donors (Lipinski definition) is 4. The number of nitrogens with two attached hydrogens (primary N) is 2. The van der Waals surface area contributed by atoms with Crippen molar-refractivity contribution >= 4 is 55.1 Å². The summed E-state index contributed by atoms with van der Waals surface area (Å²) >= 11 is 7.09. The number of aromatic nitrogens is 1. The number of fused-ring (bicyclic) bond motifs is 1. The summed E-state index contributed by atoms with van der Waals surface area (Å²) in [6.07, 6.45) is 1.84. The van der Waals surface area contributed by atoms with Crippen LogP contribution in [0.3, 0.4) is 0 Å². The van der Waals surface area contributed by atoms with E-state index in [1.54, 1.807) is 0 Å². The van der Waals surface area contributed by atoms with Gasteiger partial charge in [-0.2, -0.15) is 10.5 Å². The van der Waals surface area contributed by atoms with Crippen molar-refractivity contribution in [1.82, 2.24) is 10.3 Å². The molecule has 0 saturated heterocycles. The van der Waals surface area contributed by atoms with Crippen molar-refractivity contribution in [3.05, 3.63) is 73.7 Å². The number of ether oxygens (including phenoxy) is 1. The molecule has 0 amide bonds. The maximum atomic E-state index is 9.55. The normalized spacial score (nSPS) is 14.2. The summed E-state index contributed by atoms with van der Waals surface area (Å²) < 4.78 is 7.66. The quantitative estimate of drug-likeness (QED) is 0.270. The second-order valence-electron chi connectivity index (χ2n) is 6.98. The van der Waals surface area contributed by atoms with Crippen molar-refractivity contribution in [2.45, 2.75) is 12.6 Å². The molecular formula is C22H16Br2N8O. The SMILES string of the molecule is N#CNC1=NC(c2cc(Br)cc(Br)c2OCc2ccccc2)c2c(nc(N)c(C#N)c2N)N1. The number of nitrogens with one attached hydrogen (secondary N) is 2. The van der Waals surface area contributed by atoms with Crippen molar-refractivity contribution in [3.8, 4) is 18.0 Å². The number of anilines is 3. The van der Waals surface area contributed by atoms with Gasteiger partial charge in [-0.1, -0.05) is 46.3 Å². The minimum Gasteiger partial charge on any atom is -0.487 e. The maximum absolute atomic E-state index is 9.55. The van der Waals surface area contributed by atoms with E-state index in [2.05, 4.69) is 52.5 Å². The van der Waals surface area contributed by atoms with Gasteiger partial charge >= 0.3 is 0 Å². The Balaban J connectivity index is 1.89. The van der Waals surface area contributed by atoms with Crippen LogP contribution in [-0.2, 0) is 6.61 Å². The van der Waals surface area contributed by atoms with Crippen LogP contribution in [0.4, 0.5) is 17.3 Å². The van der Waals surface area contributed by atoms with E-state index in [1.807, 2.05) is 54.7 Å². The zero-order valence-electron chi connectivity index (χ0n) is 16.9. The van der Waals surface area contributed by atoms with Crippen molar-refractivity contribution in [3.63, 3.8) is 0 Å². The molecule has 2 heterocycles. The monoisotopic (exact) mass is 566 g/mol. The van der Waals surface area contributed by atoms with Crippen LogP contribution in [0.25, 0.3) is 0 Å². The van der Waals surface area contributed by atoms with Gasteiger partial charge in [-0.15, -0.1) is 0 Å². The van der Waals surface area contributed by atoms with E-state index in [-0.39, 0.29) is 23.0 Å². The maximum Gasteiger partial charge on any atom is 0.211 e. The molecular weight excluding hydrogens is 552 g/mol. The molecule has 0 fully saturated rings. The third-order valence-electron chi connectivity index (χ3n) is 4.92. The number of pyridine rings is 1. The van der Waals surface area contributed by atoms with E-state index in [0.29, 0.717) is 33.8 Å². The Bertz CT molecular complexity index is 1350. The third-order valence-corrected chi connectivity index (χ3v) is 5.96. The van der Waals surface area contributed by atoms with Crippen molar-refractivity contribution in [2.75, 3.05) is 16.8 Å². The summed E-state index contributed by atoms with van der Waals surface area (Å²) in [6, 6.07) is 14.7. The number of aliphatic imine (C=N–C) groups is 1. The van der Waals surface area contributed by atoms with Crippen LogP contribution >= 0.6 is 31.9 Å². The Kier molecular flexibility index (Phi) is 6.36. The number of nitrogens with zero attached hydrogens (tertiary/aromatic N) is 4. The minimum absolute atomic E-state index is 0.0193. The standard InChI is InChI=1S/C22H16Br2N8O/c23-12-6-13(19(15(24)7-12)33-9-11-4-2-1-3-5-11)18-16-17(27)14(8-25)20(28)31-21(16)32-22(30-18)29-10-26/h1-7,18H,9H2,(H6,27,28,29,30,31,32). The van der Waals surface area contributed by atoms with Crippen LogP contribution in [0.15, 0.2) is 56.4 Å². The fourth-order valence-electron chi connectivity index (χ4n) is 3.47. The first kappa shape index (κ1) is 22.4. The molecule has 164 valence electrons. The second kappa shape index (κ2) is 9.36. The van der Waals surface area contributed by atoms with Gasteiger partial charge in [0.05, 0.1) is 10.2 Å². The summed E-state index contributed by atoms with van der Waals surface area (Å²) in [5.74, 6) is 0.979. The summed E-state index contributed by atoms with van der Waals surface area (Å²) in [5.41, 5.74) is 14.6. The van der Waals surface area contributed by atoms with E-state index in [4.69, 9.17) is 21.5 Å². The lowest BCUT2D eigenvalue weighted by Gasteiger charge is -2.27. The number of guanidine groups is 1. The Hall–Kier alpha value is -3.80. The van der Waals surface area contributed by atoms with Gasteiger partial charge in [0, 0.05) is 15.6 Å². The van der Waals surface area contributed by atoms with Crippen LogP contribution in [0.1, 0.15) is 28.3 Å². The third kappa shape index (κ3) is 4.42. The summed E-state index contributed by atoms with van der Waals surface area (Å²) in [6.45, 7) is 0.317. The van der Waals surface area contributed by atoms with Crippen LogP contribution in [0.2, 0.25) is 0 Å². The van der Waals surface area contributed by atoms with Crippen LogP contribution in [0.5, 0.6) is 5.75 Å². The molecule has 0 bridgehead atoms. The fourth-order valence-corrected chi connectivity index (χ4v) is 4.84.